The van der Waals surface area contributed by atoms with Crippen molar-refractivity contribution in [3.63, 3.8) is 0 Å². The second-order valence-electron chi connectivity index (χ2n) is 8.57. The highest BCUT2D eigenvalue weighted by atomic mass is 35.5. The molecule has 14 heteroatoms. The maximum absolute atomic E-state index is 13.0. The smallest absolute Gasteiger partial charge is 0.416 e. The number of pyridine rings is 2. The monoisotopic (exact) mass is 583 g/mol. The van der Waals surface area contributed by atoms with Gasteiger partial charge in [0.2, 0.25) is 0 Å². The van der Waals surface area contributed by atoms with E-state index in [0.29, 0.717) is 22.7 Å². The maximum Gasteiger partial charge on any atom is 0.416 e. The number of rotatable bonds is 8. The Morgan fingerprint density at radius 3 is 2.29 bits per heavy atom. The Morgan fingerprint density at radius 1 is 0.927 bits per heavy atom. The van der Waals surface area contributed by atoms with Gasteiger partial charge in [-0.1, -0.05) is 11.6 Å². The Kier molecular flexibility index (Phi) is 6.97. The molecular formula is C27H17ClF3N5O5. The number of ether oxygens (including phenoxy) is 2. The first-order chi connectivity index (χ1) is 19.5. The van der Waals surface area contributed by atoms with Crippen LogP contribution in [0.2, 0.25) is 5.02 Å². The molecule has 2 heterocycles. The predicted molar refractivity (Wildman–Crippen MR) is 145 cm³/mol. The number of primary amides is 1. The number of nitrogens with one attached hydrogen (secondary N) is 2. The molecule has 0 spiro atoms. The summed E-state index contributed by atoms with van der Waals surface area (Å²) in [4.78, 5) is 44.3. The number of nitrogens with two attached hydrogens (primary N) is 1. The number of halogens is 4. The van der Waals surface area contributed by atoms with Crippen molar-refractivity contribution >= 4 is 51.3 Å². The molecule has 0 saturated heterocycles. The molecule has 10 nitrogen and oxygen atoms in total. The number of benzene rings is 2. The molecule has 4 N–H and O–H groups in total. The number of hydrogen-bond donors (Lipinski definition) is 3. The van der Waals surface area contributed by atoms with Gasteiger partial charge in [-0.15, -0.1) is 0 Å². The lowest BCUT2D eigenvalue weighted by Crippen LogP contribution is -2.36. The molecule has 5 rings (SSSR count). The molecule has 0 aliphatic heterocycles. The van der Waals surface area contributed by atoms with Crippen molar-refractivity contribution in [2.45, 2.75) is 6.18 Å². The zero-order chi connectivity index (χ0) is 29.5. The van der Waals surface area contributed by atoms with Crippen molar-refractivity contribution in [1.82, 2.24) is 9.97 Å². The first-order valence-electron chi connectivity index (χ1n) is 11.6. The van der Waals surface area contributed by atoms with E-state index in [1.54, 1.807) is 12.1 Å². The minimum absolute atomic E-state index is 0.0940. The van der Waals surface area contributed by atoms with Gasteiger partial charge < -0.3 is 25.8 Å². The van der Waals surface area contributed by atoms with E-state index in [2.05, 4.69) is 20.6 Å². The van der Waals surface area contributed by atoms with E-state index in [-0.39, 0.29) is 45.0 Å². The molecule has 208 valence electrons. The lowest BCUT2D eigenvalue weighted by atomic mass is 10.1. The summed E-state index contributed by atoms with van der Waals surface area (Å²) in [6.07, 6.45) is -2.19. The zero-order valence-electron chi connectivity index (χ0n) is 20.8. The van der Waals surface area contributed by atoms with Gasteiger partial charge >= 0.3 is 6.18 Å². The highest BCUT2D eigenvalue weighted by Crippen LogP contribution is 2.37. The molecule has 5 aromatic rings. The highest BCUT2D eigenvalue weighted by molar-refractivity contribution is 6.33. The van der Waals surface area contributed by atoms with Crippen molar-refractivity contribution in [1.29, 1.82) is 0 Å². The van der Waals surface area contributed by atoms with Gasteiger partial charge in [0.15, 0.2) is 0 Å². The molecule has 0 radical (unpaired) electrons. The first-order valence-corrected chi connectivity index (χ1v) is 12.0. The molecule has 0 atom stereocenters. The molecule has 1 amide bonds. The molecule has 0 fully saturated rings. The third-order valence-corrected chi connectivity index (χ3v) is 6.28. The Hall–Kier alpha value is -5.17. The summed E-state index contributed by atoms with van der Waals surface area (Å²) in [5.74, 6) is -0.107. The first kappa shape index (κ1) is 27.4. The number of hydrogen-bond acceptors (Lipinski definition) is 9. The third-order valence-electron chi connectivity index (χ3n) is 5.97. The van der Waals surface area contributed by atoms with Gasteiger partial charge in [0.1, 0.15) is 34.4 Å². The van der Waals surface area contributed by atoms with Gasteiger partial charge in [0.05, 0.1) is 34.5 Å². The largest absolute Gasteiger partial charge is 0.496 e. The van der Waals surface area contributed by atoms with Crippen LogP contribution in [0, 0.1) is 0 Å². The number of carbonyl (C=O) groups is 1. The van der Waals surface area contributed by atoms with Crippen LogP contribution in [0.15, 0.2) is 70.5 Å². The van der Waals surface area contributed by atoms with Crippen molar-refractivity contribution in [3.05, 3.63) is 97.5 Å². The fraction of sp³-hybridized carbons (Fsp3) is 0.0741. The summed E-state index contributed by atoms with van der Waals surface area (Å²) in [6.45, 7) is 0. The molecule has 3 aromatic carbocycles. The highest BCUT2D eigenvalue weighted by Gasteiger charge is 2.31. The van der Waals surface area contributed by atoms with Crippen LogP contribution >= 0.6 is 11.6 Å². The van der Waals surface area contributed by atoms with E-state index in [9.17, 15) is 27.6 Å². The molecule has 0 saturated carbocycles. The average molecular weight is 584 g/mol. The van der Waals surface area contributed by atoms with Crippen molar-refractivity contribution in [2.24, 2.45) is 5.73 Å². The second-order valence-corrected chi connectivity index (χ2v) is 8.98. The van der Waals surface area contributed by atoms with Gasteiger partial charge in [0, 0.05) is 29.9 Å². The minimum Gasteiger partial charge on any atom is -0.496 e. The van der Waals surface area contributed by atoms with E-state index < -0.39 is 28.5 Å². The quantitative estimate of drug-likeness (QED) is 0.208. The predicted octanol–water partition coefficient (Wildman–Crippen LogP) is 5.29. The Labute approximate surface area is 233 Å². The normalized spacial score (nSPS) is 11.4. The van der Waals surface area contributed by atoms with Gasteiger partial charge in [-0.25, -0.2) is 4.98 Å². The summed E-state index contributed by atoms with van der Waals surface area (Å²) < 4.78 is 50.3. The Bertz CT molecular complexity index is 1900. The number of methoxy groups -OCH3 is 1. The summed E-state index contributed by atoms with van der Waals surface area (Å²) in [5.41, 5.74) is 3.03. The average Bonchev–Trinajstić information content (AvgIpc) is 2.94. The van der Waals surface area contributed by atoms with E-state index in [0.717, 1.165) is 12.3 Å². The van der Waals surface area contributed by atoms with Crippen molar-refractivity contribution < 1.29 is 27.4 Å². The van der Waals surface area contributed by atoms with Crippen molar-refractivity contribution in [3.8, 4) is 17.2 Å². The number of alkyl halides is 3. The number of anilines is 4. The summed E-state index contributed by atoms with van der Waals surface area (Å²) in [6, 6.07) is 10.5. The standard InChI is InChI=1S/C27H17ClF3N5O5/c1-40-20-11-18-14(10-15(20)26(32)39)19(5-7-33-18)41-13-2-3-17(16(28)9-13)35-22-23(25(38)24(22)37)36-21-8-12(4-6-34-21)27(29,30)31/h2-11,35H,1H3,(H2,32,39)(H,34,36). The molecule has 0 aliphatic rings. The van der Waals surface area contributed by atoms with Crippen LogP contribution in [0.5, 0.6) is 17.2 Å². The molecule has 0 aliphatic carbocycles. The van der Waals surface area contributed by atoms with E-state index >= 15 is 0 Å². The van der Waals surface area contributed by atoms with Gasteiger partial charge in [-0.05, 0) is 36.4 Å². The van der Waals surface area contributed by atoms with Gasteiger partial charge in [-0.2, -0.15) is 13.2 Å². The topological polar surface area (TPSA) is 146 Å². The maximum atomic E-state index is 13.0. The molecule has 2 aromatic heterocycles. The van der Waals surface area contributed by atoms with E-state index in [1.807, 2.05) is 0 Å². The molecule has 0 bridgehead atoms. The molecule has 41 heavy (non-hydrogen) atoms. The number of carbonyl (C=O) groups excluding carboxylic acids is 1. The zero-order valence-corrected chi connectivity index (χ0v) is 21.6. The lowest BCUT2D eigenvalue weighted by molar-refractivity contribution is -0.137. The van der Waals surface area contributed by atoms with Crippen LogP contribution < -0.4 is 36.7 Å². The summed E-state index contributed by atoms with van der Waals surface area (Å²) in [7, 11) is 1.40. The second kappa shape index (κ2) is 10.4. The minimum atomic E-state index is -4.62. The SMILES string of the molecule is COc1cc2nccc(Oc3ccc(Nc4c(Nc5cc(C(F)(F)F)ccn5)c(=O)c4=O)c(Cl)c3)c2cc1C(N)=O. The number of aromatic nitrogens is 2. The lowest BCUT2D eigenvalue weighted by Gasteiger charge is -2.17. The third kappa shape index (κ3) is 5.34. The van der Waals surface area contributed by atoms with Crippen molar-refractivity contribution in [2.75, 3.05) is 17.7 Å². The number of nitrogens with zero attached hydrogens (tertiary/aromatic N) is 2. The summed E-state index contributed by atoms with van der Waals surface area (Å²) >= 11 is 6.40. The fourth-order valence-electron chi connectivity index (χ4n) is 3.95. The van der Waals surface area contributed by atoms with Crippen LogP contribution in [0.1, 0.15) is 15.9 Å². The Morgan fingerprint density at radius 2 is 1.63 bits per heavy atom. The Balaban J connectivity index is 1.39. The molecule has 0 unspecified atom stereocenters. The van der Waals surface area contributed by atoms with E-state index in [1.165, 1.54) is 37.6 Å². The molecular weight excluding hydrogens is 567 g/mol. The van der Waals surface area contributed by atoms with E-state index in [4.69, 9.17) is 26.8 Å². The van der Waals surface area contributed by atoms with Gasteiger partial charge in [0.25, 0.3) is 16.8 Å². The van der Waals surface area contributed by atoms with Crippen LogP contribution in [0.25, 0.3) is 10.9 Å². The van der Waals surface area contributed by atoms with Gasteiger partial charge in [-0.3, -0.25) is 19.4 Å². The van der Waals surface area contributed by atoms with Crippen LogP contribution in [0.4, 0.5) is 36.1 Å². The summed E-state index contributed by atoms with van der Waals surface area (Å²) in [5, 5.41) is 5.76. The van der Waals surface area contributed by atoms with Crippen LogP contribution in [-0.2, 0) is 6.18 Å². The number of amides is 1. The van der Waals surface area contributed by atoms with Crippen LogP contribution in [-0.4, -0.2) is 23.0 Å². The number of fused-ring (bicyclic) bond motifs is 1. The van der Waals surface area contributed by atoms with Crippen LogP contribution in [0.3, 0.4) is 0 Å². The fourth-order valence-corrected chi connectivity index (χ4v) is 4.17.